The molecule has 1 N–H and O–H groups in total. The monoisotopic (exact) mass is 323 g/mol. The lowest BCUT2D eigenvalue weighted by molar-refractivity contribution is -0.125. The van der Waals surface area contributed by atoms with Crippen LogP contribution in [0.2, 0.25) is 0 Å². The third kappa shape index (κ3) is 2.56. The van der Waals surface area contributed by atoms with Crippen molar-refractivity contribution >= 4 is 21.8 Å². The summed E-state index contributed by atoms with van der Waals surface area (Å²) in [6.45, 7) is 2.57. The van der Waals surface area contributed by atoms with Crippen LogP contribution in [-0.4, -0.2) is 23.4 Å². The highest BCUT2D eigenvalue weighted by molar-refractivity contribution is 9.09. The van der Waals surface area contributed by atoms with Gasteiger partial charge in [-0.15, -0.1) is 0 Å². The van der Waals surface area contributed by atoms with E-state index in [2.05, 4.69) is 39.4 Å². The fourth-order valence-electron chi connectivity index (χ4n) is 2.99. The van der Waals surface area contributed by atoms with Crippen LogP contribution in [-0.2, 0) is 16.0 Å². The number of rotatable bonds is 2. The Balaban J connectivity index is 1.71. The van der Waals surface area contributed by atoms with E-state index in [1.807, 2.05) is 13.0 Å². The van der Waals surface area contributed by atoms with Gasteiger partial charge in [-0.3, -0.25) is 4.79 Å². The minimum Gasteiger partial charge on any atom is -0.378 e. The predicted molar refractivity (Wildman–Crippen MR) is 77.3 cm³/mol. The van der Waals surface area contributed by atoms with Crippen LogP contribution < -0.4 is 5.32 Å². The number of carbonyl (C=O) groups is 1. The molecule has 3 nitrogen and oxygen atoms in total. The van der Waals surface area contributed by atoms with Gasteiger partial charge in [-0.25, -0.2) is 0 Å². The Morgan fingerprint density at radius 1 is 1.42 bits per heavy atom. The second-order valence-electron chi connectivity index (χ2n) is 5.48. The van der Waals surface area contributed by atoms with Gasteiger partial charge >= 0.3 is 0 Å². The number of nitrogens with one attached hydrogen (secondary N) is 1. The molecule has 4 atom stereocenters. The van der Waals surface area contributed by atoms with E-state index in [0.717, 1.165) is 12.8 Å². The topological polar surface area (TPSA) is 38.3 Å². The van der Waals surface area contributed by atoms with E-state index >= 15 is 0 Å². The summed E-state index contributed by atoms with van der Waals surface area (Å²) in [5, 5.41) is 3.18. The summed E-state index contributed by atoms with van der Waals surface area (Å²) < 4.78 is 5.47. The molecule has 1 fully saturated rings. The summed E-state index contributed by atoms with van der Waals surface area (Å²) in [5.74, 6) is 0.123. The van der Waals surface area contributed by atoms with Crippen molar-refractivity contribution in [3.8, 4) is 0 Å². The van der Waals surface area contributed by atoms with Crippen molar-refractivity contribution in [2.24, 2.45) is 5.92 Å². The molecule has 1 amide bonds. The molecular formula is C15H18BrNO2. The Morgan fingerprint density at radius 2 is 2.21 bits per heavy atom. The molecule has 1 aromatic carbocycles. The number of hydrogen-bond acceptors (Lipinski definition) is 2. The maximum absolute atomic E-state index is 12.3. The molecule has 0 spiro atoms. The van der Waals surface area contributed by atoms with Crippen molar-refractivity contribution in [2.75, 3.05) is 6.61 Å². The fourth-order valence-corrected chi connectivity index (χ4v) is 3.75. The number of halogens is 1. The molecule has 2 aliphatic rings. The van der Waals surface area contributed by atoms with E-state index in [0.29, 0.717) is 6.61 Å². The first-order valence-electron chi connectivity index (χ1n) is 6.79. The molecule has 1 aliphatic carbocycles. The molecule has 102 valence electrons. The summed E-state index contributed by atoms with van der Waals surface area (Å²) in [7, 11) is 0. The van der Waals surface area contributed by atoms with Crippen LogP contribution in [0.25, 0.3) is 0 Å². The number of amides is 1. The highest BCUT2D eigenvalue weighted by Gasteiger charge is 2.35. The van der Waals surface area contributed by atoms with E-state index in [1.54, 1.807) is 0 Å². The molecule has 19 heavy (non-hydrogen) atoms. The minimum atomic E-state index is 0.00228. The van der Waals surface area contributed by atoms with Crippen molar-refractivity contribution in [1.82, 2.24) is 5.32 Å². The number of fused-ring (bicyclic) bond motifs is 1. The van der Waals surface area contributed by atoms with Gasteiger partial charge in [0.2, 0.25) is 5.91 Å². The predicted octanol–water partition coefficient (Wildman–Crippen LogP) is 2.59. The average Bonchev–Trinajstić information content (AvgIpc) is 2.95. The van der Waals surface area contributed by atoms with E-state index in [1.165, 1.54) is 11.1 Å². The SMILES string of the molecule is CC1CC(C(=O)NC2c3ccccc3CC2Br)CO1. The third-order valence-electron chi connectivity index (χ3n) is 4.03. The van der Waals surface area contributed by atoms with Crippen LogP contribution in [0.15, 0.2) is 24.3 Å². The average molecular weight is 324 g/mol. The molecule has 0 saturated carbocycles. The lowest BCUT2D eigenvalue weighted by Crippen LogP contribution is -2.36. The number of benzene rings is 1. The summed E-state index contributed by atoms with van der Waals surface area (Å²) in [4.78, 5) is 12.6. The van der Waals surface area contributed by atoms with Crippen molar-refractivity contribution < 1.29 is 9.53 Å². The number of carbonyl (C=O) groups excluding carboxylic acids is 1. The number of alkyl halides is 1. The highest BCUT2D eigenvalue weighted by Crippen LogP contribution is 2.36. The molecule has 0 aromatic heterocycles. The van der Waals surface area contributed by atoms with Gasteiger partial charge in [-0.1, -0.05) is 40.2 Å². The van der Waals surface area contributed by atoms with Gasteiger partial charge in [0.15, 0.2) is 0 Å². The van der Waals surface area contributed by atoms with Crippen molar-refractivity contribution in [3.63, 3.8) is 0 Å². The zero-order chi connectivity index (χ0) is 13.4. The molecule has 4 heteroatoms. The summed E-state index contributed by atoms with van der Waals surface area (Å²) >= 11 is 3.69. The van der Waals surface area contributed by atoms with Gasteiger partial charge in [0.25, 0.3) is 0 Å². The Morgan fingerprint density at radius 3 is 2.95 bits per heavy atom. The second kappa shape index (κ2) is 5.25. The molecule has 1 aromatic rings. The molecular weight excluding hydrogens is 306 g/mol. The zero-order valence-corrected chi connectivity index (χ0v) is 12.5. The largest absolute Gasteiger partial charge is 0.378 e. The lowest BCUT2D eigenvalue weighted by Gasteiger charge is -2.19. The Hall–Kier alpha value is -0.870. The van der Waals surface area contributed by atoms with Crippen molar-refractivity contribution in [2.45, 2.75) is 36.7 Å². The fraction of sp³-hybridized carbons (Fsp3) is 0.533. The smallest absolute Gasteiger partial charge is 0.226 e. The molecule has 0 bridgehead atoms. The van der Waals surface area contributed by atoms with Crippen LogP contribution >= 0.6 is 15.9 Å². The van der Waals surface area contributed by atoms with Crippen molar-refractivity contribution in [3.05, 3.63) is 35.4 Å². The molecule has 0 radical (unpaired) electrons. The molecule has 4 unspecified atom stereocenters. The normalized spacial score (nSPS) is 33.2. The van der Waals surface area contributed by atoms with Gasteiger partial charge in [-0.05, 0) is 30.9 Å². The number of ether oxygens (including phenoxy) is 1. The van der Waals surface area contributed by atoms with Gasteiger partial charge < -0.3 is 10.1 Å². The lowest BCUT2D eigenvalue weighted by atomic mass is 10.0. The standard InChI is InChI=1S/C15H18BrNO2/c1-9-6-11(8-19-9)15(18)17-14-12-5-3-2-4-10(12)7-13(14)16/h2-5,9,11,13-14H,6-8H2,1H3,(H,17,18). The Kier molecular flexibility index (Phi) is 3.63. The first-order chi connectivity index (χ1) is 9.15. The first-order valence-corrected chi connectivity index (χ1v) is 7.70. The summed E-state index contributed by atoms with van der Waals surface area (Å²) in [5.41, 5.74) is 2.57. The zero-order valence-electron chi connectivity index (χ0n) is 10.9. The molecule has 1 heterocycles. The third-order valence-corrected chi connectivity index (χ3v) is 4.89. The van der Waals surface area contributed by atoms with E-state index in [-0.39, 0.29) is 28.8 Å². The molecule has 1 saturated heterocycles. The van der Waals surface area contributed by atoms with Crippen LogP contribution in [0.3, 0.4) is 0 Å². The Labute approximate surface area is 121 Å². The Bertz CT molecular complexity index is 491. The van der Waals surface area contributed by atoms with E-state index in [4.69, 9.17) is 4.74 Å². The van der Waals surface area contributed by atoms with Crippen LogP contribution in [0.1, 0.15) is 30.5 Å². The molecule has 3 rings (SSSR count). The number of hydrogen-bond donors (Lipinski definition) is 1. The van der Waals surface area contributed by atoms with Crippen LogP contribution in [0, 0.1) is 5.92 Å². The van der Waals surface area contributed by atoms with E-state index in [9.17, 15) is 4.79 Å². The quantitative estimate of drug-likeness (QED) is 0.849. The highest BCUT2D eigenvalue weighted by atomic mass is 79.9. The maximum atomic E-state index is 12.3. The summed E-state index contributed by atoms with van der Waals surface area (Å²) in [6, 6.07) is 8.41. The molecule has 1 aliphatic heterocycles. The minimum absolute atomic E-state index is 0.00228. The first kappa shape index (κ1) is 13.1. The summed E-state index contributed by atoms with van der Waals surface area (Å²) in [6.07, 6.45) is 2.00. The van der Waals surface area contributed by atoms with Gasteiger partial charge in [-0.2, -0.15) is 0 Å². The van der Waals surface area contributed by atoms with E-state index < -0.39 is 0 Å². The second-order valence-corrected chi connectivity index (χ2v) is 6.66. The van der Waals surface area contributed by atoms with Crippen LogP contribution in [0.5, 0.6) is 0 Å². The van der Waals surface area contributed by atoms with Gasteiger partial charge in [0.1, 0.15) is 0 Å². The van der Waals surface area contributed by atoms with Crippen molar-refractivity contribution in [1.29, 1.82) is 0 Å². The van der Waals surface area contributed by atoms with Gasteiger partial charge in [0, 0.05) is 4.83 Å². The van der Waals surface area contributed by atoms with Gasteiger partial charge in [0.05, 0.1) is 24.7 Å². The maximum Gasteiger partial charge on any atom is 0.226 e. The van der Waals surface area contributed by atoms with Crippen LogP contribution in [0.4, 0.5) is 0 Å².